The Balaban J connectivity index is 2.07. The van der Waals surface area contributed by atoms with E-state index in [2.05, 4.69) is 4.98 Å². The first-order valence-corrected chi connectivity index (χ1v) is 6.95. The Morgan fingerprint density at radius 1 is 1.29 bits per heavy atom. The molecular formula is C16H12FN3O4. The number of nitro benzene ring substituents is 1. The van der Waals surface area contributed by atoms with E-state index in [1.165, 1.54) is 54.4 Å². The molecule has 0 bridgehead atoms. The third kappa shape index (κ3) is 2.81. The largest absolute Gasteiger partial charge is 0.496 e. The molecule has 0 unspecified atom stereocenters. The first kappa shape index (κ1) is 15.6. The van der Waals surface area contributed by atoms with Crippen molar-refractivity contribution in [2.24, 2.45) is 0 Å². The Kier molecular flexibility index (Phi) is 3.95. The Hall–Kier alpha value is -3.29. The predicted octanol–water partition coefficient (Wildman–Crippen LogP) is 2.50. The van der Waals surface area contributed by atoms with Crippen LogP contribution in [0.15, 0.2) is 47.5 Å². The first-order chi connectivity index (χ1) is 11.5. The third-order valence-electron chi connectivity index (χ3n) is 3.60. The monoisotopic (exact) mass is 329 g/mol. The average molecular weight is 329 g/mol. The summed E-state index contributed by atoms with van der Waals surface area (Å²) in [6.07, 6.45) is 1.28. The molecule has 2 aromatic carbocycles. The lowest BCUT2D eigenvalue weighted by Crippen LogP contribution is -2.21. The Morgan fingerprint density at radius 3 is 2.79 bits per heavy atom. The molecule has 0 radical (unpaired) electrons. The van der Waals surface area contributed by atoms with E-state index in [4.69, 9.17) is 4.74 Å². The molecule has 8 heteroatoms. The lowest BCUT2D eigenvalue weighted by atomic mass is 10.2. The van der Waals surface area contributed by atoms with Gasteiger partial charge in [-0.15, -0.1) is 0 Å². The number of ether oxygens (including phenoxy) is 1. The van der Waals surface area contributed by atoms with Crippen molar-refractivity contribution in [2.75, 3.05) is 7.11 Å². The lowest BCUT2D eigenvalue weighted by molar-refractivity contribution is -0.384. The SMILES string of the molecule is COc1ccc(F)cc1Cn1cnc2cc([N+](=O)[O-])ccc2c1=O. The van der Waals surface area contributed by atoms with Gasteiger partial charge in [0, 0.05) is 17.7 Å². The maximum atomic E-state index is 13.4. The van der Waals surface area contributed by atoms with E-state index < -0.39 is 10.7 Å². The minimum Gasteiger partial charge on any atom is -0.496 e. The minimum absolute atomic E-state index is 0.0691. The molecule has 24 heavy (non-hydrogen) atoms. The molecular weight excluding hydrogens is 317 g/mol. The van der Waals surface area contributed by atoms with Gasteiger partial charge in [-0.1, -0.05) is 0 Å². The van der Waals surface area contributed by atoms with E-state index in [0.717, 1.165) is 0 Å². The van der Waals surface area contributed by atoms with Crippen LogP contribution in [0.3, 0.4) is 0 Å². The summed E-state index contributed by atoms with van der Waals surface area (Å²) in [6, 6.07) is 7.88. The van der Waals surface area contributed by atoms with Gasteiger partial charge in [0.1, 0.15) is 11.6 Å². The number of nitrogens with zero attached hydrogens (tertiary/aromatic N) is 3. The van der Waals surface area contributed by atoms with E-state index in [0.29, 0.717) is 11.3 Å². The van der Waals surface area contributed by atoms with Gasteiger partial charge in [-0.3, -0.25) is 19.5 Å². The summed E-state index contributed by atoms with van der Waals surface area (Å²) in [5.41, 5.74) is 0.208. The molecule has 0 saturated heterocycles. The summed E-state index contributed by atoms with van der Waals surface area (Å²) in [6.45, 7) is 0.0691. The number of halogens is 1. The van der Waals surface area contributed by atoms with E-state index in [1.807, 2.05) is 0 Å². The molecule has 3 aromatic rings. The molecule has 0 fully saturated rings. The van der Waals surface area contributed by atoms with E-state index >= 15 is 0 Å². The van der Waals surface area contributed by atoms with Crippen LogP contribution < -0.4 is 10.3 Å². The number of nitro groups is 1. The van der Waals surface area contributed by atoms with Gasteiger partial charge in [0.2, 0.25) is 0 Å². The average Bonchev–Trinajstić information content (AvgIpc) is 2.57. The summed E-state index contributed by atoms with van der Waals surface area (Å²) in [7, 11) is 1.46. The van der Waals surface area contributed by atoms with Gasteiger partial charge in [-0.2, -0.15) is 0 Å². The normalized spacial score (nSPS) is 10.8. The minimum atomic E-state index is -0.551. The molecule has 3 rings (SSSR count). The highest BCUT2D eigenvalue weighted by molar-refractivity contribution is 5.79. The zero-order chi connectivity index (χ0) is 17.3. The van der Waals surface area contributed by atoms with Gasteiger partial charge in [0.25, 0.3) is 11.2 Å². The Bertz CT molecular complexity index is 1000. The summed E-state index contributed by atoms with van der Waals surface area (Å²) >= 11 is 0. The second kappa shape index (κ2) is 6.07. The Labute approximate surface area is 135 Å². The van der Waals surface area contributed by atoms with Crippen LogP contribution in [0.2, 0.25) is 0 Å². The highest BCUT2D eigenvalue weighted by Crippen LogP contribution is 2.21. The molecule has 0 spiro atoms. The quantitative estimate of drug-likeness (QED) is 0.542. The summed E-state index contributed by atoms with van der Waals surface area (Å²) in [5.74, 6) is 0.00955. The maximum absolute atomic E-state index is 13.4. The van der Waals surface area contributed by atoms with Crippen LogP contribution in [0.4, 0.5) is 10.1 Å². The van der Waals surface area contributed by atoms with Crippen molar-refractivity contribution in [3.63, 3.8) is 0 Å². The zero-order valence-corrected chi connectivity index (χ0v) is 12.6. The number of hydrogen-bond acceptors (Lipinski definition) is 5. The van der Waals surface area contributed by atoms with Gasteiger partial charge in [-0.05, 0) is 24.3 Å². The van der Waals surface area contributed by atoms with Crippen molar-refractivity contribution >= 4 is 16.6 Å². The van der Waals surface area contributed by atoms with Crippen LogP contribution >= 0.6 is 0 Å². The van der Waals surface area contributed by atoms with Crippen molar-refractivity contribution in [1.82, 2.24) is 9.55 Å². The van der Waals surface area contributed by atoms with Crippen molar-refractivity contribution in [3.05, 3.63) is 74.6 Å². The molecule has 0 atom stereocenters. The molecule has 0 aliphatic rings. The fraction of sp³-hybridized carbons (Fsp3) is 0.125. The van der Waals surface area contributed by atoms with E-state index in [-0.39, 0.29) is 28.7 Å². The van der Waals surface area contributed by atoms with E-state index in [1.54, 1.807) is 0 Å². The summed E-state index contributed by atoms with van der Waals surface area (Å²) in [4.78, 5) is 26.8. The van der Waals surface area contributed by atoms with Crippen LogP contribution in [0.5, 0.6) is 5.75 Å². The number of hydrogen-bond donors (Lipinski definition) is 0. The predicted molar refractivity (Wildman–Crippen MR) is 84.7 cm³/mol. The van der Waals surface area contributed by atoms with Crippen molar-refractivity contribution in [2.45, 2.75) is 6.54 Å². The first-order valence-electron chi connectivity index (χ1n) is 6.95. The molecule has 0 aliphatic carbocycles. The highest BCUT2D eigenvalue weighted by Gasteiger charge is 2.12. The molecule has 1 heterocycles. The van der Waals surface area contributed by atoms with Gasteiger partial charge < -0.3 is 4.74 Å². The van der Waals surface area contributed by atoms with Crippen LogP contribution in [-0.4, -0.2) is 21.6 Å². The number of aromatic nitrogens is 2. The van der Waals surface area contributed by atoms with Crippen LogP contribution in [0, 0.1) is 15.9 Å². The van der Waals surface area contributed by atoms with Gasteiger partial charge in [-0.25, -0.2) is 9.37 Å². The number of methoxy groups -OCH3 is 1. The fourth-order valence-electron chi connectivity index (χ4n) is 2.43. The highest BCUT2D eigenvalue weighted by atomic mass is 19.1. The summed E-state index contributed by atoms with van der Waals surface area (Å²) < 4.78 is 19.9. The number of fused-ring (bicyclic) bond motifs is 1. The second-order valence-corrected chi connectivity index (χ2v) is 5.09. The van der Waals surface area contributed by atoms with Gasteiger partial charge in [0.05, 0.1) is 35.8 Å². The second-order valence-electron chi connectivity index (χ2n) is 5.09. The van der Waals surface area contributed by atoms with E-state index in [9.17, 15) is 19.3 Å². The third-order valence-corrected chi connectivity index (χ3v) is 3.60. The molecule has 7 nitrogen and oxygen atoms in total. The topological polar surface area (TPSA) is 87.3 Å². The van der Waals surface area contributed by atoms with Crippen molar-refractivity contribution in [1.29, 1.82) is 0 Å². The Morgan fingerprint density at radius 2 is 2.08 bits per heavy atom. The van der Waals surface area contributed by atoms with Crippen LogP contribution in [0.1, 0.15) is 5.56 Å². The molecule has 122 valence electrons. The fourth-order valence-corrected chi connectivity index (χ4v) is 2.43. The number of benzene rings is 2. The molecule has 0 N–H and O–H groups in total. The molecule has 0 saturated carbocycles. The van der Waals surface area contributed by atoms with Crippen molar-refractivity contribution in [3.8, 4) is 5.75 Å². The molecule has 0 aliphatic heterocycles. The van der Waals surface area contributed by atoms with Crippen molar-refractivity contribution < 1.29 is 14.1 Å². The van der Waals surface area contributed by atoms with Gasteiger partial charge >= 0.3 is 0 Å². The number of rotatable bonds is 4. The number of non-ortho nitro benzene ring substituents is 1. The standard InChI is InChI=1S/C16H12FN3O4/c1-24-15-5-2-11(17)6-10(15)8-19-9-18-14-7-12(20(22)23)3-4-13(14)16(19)21/h2-7,9H,8H2,1H3. The summed E-state index contributed by atoms with van der Waals surface area (Å²) in [5, 5.41) is 11.0. The van der Waals surface area contributed by atoms with Crippen LogP contribution in [-0.2, 0) is 6.54 Å². The molecule has 1 aromatic heterocycles. The smallest absolute Gasteiger partial charge is 0.271 e. The van der Waals surface area contributed by atoms with Crippen LogP contribution in [0.25, 0.3) is 10.9 Å². The molecule has 0 amide bonds. The maximum Gasteiger partial charge on any atom is 0.271 e. The lowest BCUT2D eigenvalue weighted by Gasteiger charge is -2.11. The zero-order valence-electron chi connectivity index (χ0n) is 12.6. The van der Waals surface area contributed by atoms with Gasteiger partial charge in [0.15, 0.2) is 0 Å².